The first-order chi connectivity index (χ1) is 12.8. The fourth-order valence-corrected chi connectivity index (χ4v) is 5.14. The Bertz CT molecular complexity index is 1020. The number of amides is 2. The molecule has 2 aromatic rings. The van der Waals surface area contributed by atoms with E-state index in [9.17, 15) is 18.0 Å². The lowest BCUT2D eigenvalue weighted by atomic mass is 9.86. The lowest BCUT2D eigenvalue weighted by Gasteiger charge is -2.33. The van der Waals surface area contributed by atoms with Crippen molar-refractivity contribution in [1.82, 2.24) is 14.6 Å². The van der Waals surface area contributed by atoms with E-state index in [2.05, 4.69) is 15.6 Å². The van der Waals surface area contributed by atoms with Gasteiger partial charge in [0, 0.05) is 25.5 Å². The topological polar surface area (TPSA) is 108 Å². The van der Waals surface area contributed by atoms with Gasteiger partial charge in [0.1, 0.15) is 4.90 Å². The molecule has 3 heterocycles. The number of sulfonamides is 1. The Hall–Kier alpha value is -2.78. The molecule has 0 unspecified atom stereocenters. The monoisotopic (exact) mass is 386 g/mol. The highest BCUT2D eigenvalue weighted by molar-refractivity contribution is 7.89. The Balaban J connectivity index is 1.71. The number of pyridine rings is 1. The molecule has 1 aromatic heterocycles. The van der Waals surface area contributed by atoms with Crippen LogP contribution in [0, 0.1) is 5.92 Å². The molecule has 0 radical (unpaired) electrons. The van der Waals surface area contributed by atoms with E-state index in [1.807, 2.05) is 0 Å². The van der Waals surface area contributed by atoms with Crippen LogP contribution in [0.3, 0.4) is 0 Å². The summed E-state index contributed by atoms with van der Waals surface area (Å²) in [6.45, 7) is 1.67. The zero-order valence-corrected chi connectivity index (χ0v) is 15.4. The van der Waals surface area contributed by atoms with Gasteiger partial charge in [-0.25, -0.2) is 8.42 Å². The van der Waals surface area contributed by atoms with Crippen LogP contribution in [0.5, 0.6) is 0 Å². The number of nitrogens with zero attached hydrogens (tertiary/aromatic N) is 2. The largest absolute Gasteiger partial charge is 0.345 e. The summed E-state index contributed by atoms with van der Waals surface area (Å²) >= 11 is 0. The Kier molecular flexibility index (Phi) is 4.01. The van der Waals surface area contributed by atoms with Crippen molar-refractivity contribution >= 4 is 27.5 Å². The lowest BCUT2D eigenvalue weighted by molar-refractivity contribution is -0.120. The molecular weight excluding hydrogens is 368 g/mol. The van der Waals surface area contributed by atoms with Crippen molar-refractivity contribution in [3.05, 3.63) is 54.4 Å². The maximum atomic E-state index is 12.9. The van der Waals surface area contributed by atoms with Gasteiger partial charge >= 0.3 is 0 Å². The summed E-state index contributed by atoms with van der Waals surface area (Å²) in [6, 6.07) is 9.70. The van der Waals surface area contributed by atoms with Gasteiger partial charge < -0.3 is 10.6 Å². The van der Waals surface area contributed by atoms with Gasteiger partial charge in [0.2, 0.25) is 15.9 Å². The third-order valence-corrected chi connectivity index (χ3v) is 6.87. The number of fused-ring (bicyclic) bond motifs is 2. The maximum absolute atomic E-state index is 12.9. The van der Waals surface area contributed by atoms with Gasteiger partial charge in [0.15, 0.2) is 0 Å². The molecule has 1 aromatic carbocycles. The molecular formula is C18H18N4O4S. The van der Waals surface area contributed by atoms with Crippen LogP contribution >= 0.6 is 0 Å². The third-order valence-electron chi connectivity index (χ3n) is 5.08. The summed E-state index contributed by atoms with van der Waals surface area (Å²) < 4.78 is 27.1. The van der Waals surface area contributed by atoms with Crippen molar-refractivity contribution < 1.29 is 18.0 Å². The molecule has 0 bridgehead atoms. The molecule has 140 valence electrons. The number of benzene rings is 1. The zero-order chi connectivity index (χ0) is 19.2. The second kappa shape index (κ2) is 6.14. The number of hydrogen-bond donors (Lipinski definition) is 2. The van der Waals surface area contributed by atoms with Crippen LogP contribution in [0.4, 0.5) is 5.69 Å². The van der Waals surface area contributed by atoms with Crippen LogP contribution in [-0.2, 0) is 14.8 Å². The number of rotatable bonds is 2. The molecule has 2 amide bonds. The fourth-order valence-electron chi connectivity index (χ4n) is 3.61. The first kappa shape index (κ1) is 17.6. The van der Waals surface area contributed by atoms with Crippen LogP contribution in [0.25, 0.3) is 0 Å². The van der Waals surface area contributed by atoms with Gasteiger partial charge in [-0.05, 0) is 31.2 Å². The average molecular weight is 386 g/mol. The Labute approximate surface area is 156 Å². The number of carbonyl (C=O) groups is 2. The highest BCUT2D eigenvalue weighted by Gasteiger charge is 2.52. The van der Waals surface area contributed by atoms with E-state index in [1.54, 1.807) is 37.3 Å². The van der Waals surface area contributed by atoms with Crippen molar-refractivity contribution in [2.24, 2.45) is 5.92 Å². The normalized spacial score (nSPS) is 25.6. The maximum Gasteiger partial charge on any atom is 0.253 e. The second-order valence-electron chi connectivity index (χ2n) is 6.95. The zero-order valence-electron chi connectivity index (χ0n) is 14.5. The van der Waals surface area contributed by atoms with Crippen molar-refractivity contribution in [3.8, 4) is 0 Å². The van der Waals surface area contributed by atoms with Crippen molar-refractivity contribution in [2.75, 3.05) is 18.4 Å². The van der Waals surface area contributed by atoms with E-state index in [0.717, 1.165) is 0 Å². The highest BCUT2D eigenvalue weighted by atomic mass is 32.2. The van der Waals surface area contributed by atoms with Crippen LogP contribution in [0.2, 0.25) is 0 Å². The lowest BCUT2D eigenvalue weighted by Crippen LogP contribution is -2.56. The Morgan fingerprint density at radius 1 is 1.19 bits per heavy atom. The van der Waals surface area contributed by atoms with E-state index in [4.69, 9.17) is 0 Å². The average Bonchev–Trinajstić information content (AvgIpc) is 2.99. The van der Waals surface area contributed by atoms with E-state index in [0.29, 0.717) is 11.3 Å². The van der Waals surface area contributed by atoms with Gasteiger partial charge in [0.05, 0.1) is 22.7 Å². The van der Waals surface area contributed by atoms with E-state index in [1.165, 1.54) is 22.8 Å². The summed E-state index contributed by atoms with van der Waals surface area (Å²) in [6.07, 6.45) is 2.76. The van der Waals surface area contributed by atoms with Crippen LogP contribution in [-0.4, -0.2) is 48.1 Å². The van der Waals surface area contributed by atoms with E-state index >= 15 is 0 Å². The molecule has 0 aliphatic carbocycles. The summed E-state index contributed by atoms with van der Waals surface area (Å²) in [4.78, 5) is 29.4. The quantitative estimate of drug-likeness (QED) is 0.795. The van der Waals surface area contributed by atoms with Gasteiger partial charge in [0.25, 0.3) is 5.91 Å². The fraction of sp³-hybridized carbons (Fsp3) is 0.278. The smallest absolute Gasteiger partial charge is 0.253 e. The Morgan fingerprint density at radius 2 is 1.96 bits per heavy atom. The van der Waals surface area contributed by atoms with Gasteiger partial charge in [-0.1, -0.05) is 12.1 Å². The van der Waals surface area contributed by atoms with Crippen LogP contribution < -0.4 is 10.6 Å². The second-order valence-corrected chi connectivity index (χ2v) is 8.88. The number of para-hydroxylation sites is 1. The molecule has 27 heavy (non-hydrogen) atoms. The molecule has 1 saturated heterocycles. The summed E-state index contributed by atoms with van der Waals surface area (Å²) in [7, 11) is -3.83. The highest BCUT2D eigenvalue weighted by Crippen LogP contribution is 2.34. The third kappa shape index (κ3) is 2.88. The van der Waals surface area contributed by atoms with Crippen molar-refractivity contribution in [3.63, 3.8) is 0 Å². The van der Waals surface area contributed by atoms with Crippen LogP contribution in [0.1, 0.15) is 17.3 Å². The van der Waals surface area contributed by atoms with Gasteiger partial charge in [-0.15, -0.1) is 0 Å². The number of carbonyl (C=O) groups excluding carboxylic acids is 2. The molecule has 2 atom stereocenters. The molecule has 2 aliphatic rings. The van der Waals surface area contributed by atoms with Crippen molar-refractivity contribution in [2.45, 2.75) is 17.4 Å². The summed E-state index contributed by atoms with van der Waals surface area (Å²) in [5, 5.41) is 5.64. The SMILES string of the molecule is C[C@]12CN(S(=O)(=O)c3cccnc3)C[C@H]1C(=O)Nc1ccccc1C(=O)N2. The number of nitrogens with one attached hydrogen (secondary N) is 2. The standard InChI is InChI=1S/C18H18N4O4S/c1-18-11-22(27(25,26)12-5-4-8-19-9-12)10-14(18)17(24)20-15-7-3-2-6-13(15)16(23)21-18/h2-9,14H,10-11H2,1H3,(H,20,24)(H,21,23)/t14-,18-/m0/s1. The molecule has 2 N–H and O–H groups in total. The molecule has 0 saturated carbocycles. The predicted octanol–water partition coefficient (Wildman–Crippen LogP) is 0.843. The Morgan fingerprint density at radius 3 is 2.70 bits per heavy atom. The molecule has 2 aliphatic heterocycles. The molecule has 1 fully saturated rings. The number of hydrogen-bond acceptors (Lipinski definition) is 5. The number of anilines is 1. The molecule has 0 spiro atoms. The first-order valence-electron chi connectivity index (χ1n) is 8.44. The molecule has 9 heteroatoms. The summed E-state index contributed by atoms with van der Waals surface area (Å²) in [5.74, 6) is -1.39. The molecule has 4 rings (SSSR count). The van der Waals surface area contributed by atoms with Crippen molar-refractivity contribution in [1.29, 1.82) is 0 Å². The summed E-state index contributed by atoms with van der Waals surface area (Å²) in [5.41, 5.74) is -0.265. The minimum atomic E-state index is -3.83. The molecule has 8 nitrogen and oxygen atoms in total. The minimum absolute atomic E-state index is 0.00375. The minimum Gasteiger partial charge on any atom is -0.345 e. The van der Waals surface area contributed by atoms with E-state index in [-0.39, 0.29) is 29.8 Å². The van der Waals surface area contributed by atoms with Crippen LogP contribution in [0.15, 0.2) is 53.7 Å². The van der Waals surface area contributed by atoms with Gasteiger partial charge in [-0.2, -0.15) is 4.31 Å². The predicted molar refractivity (Wildman–Crippen MR) is 97.4 cm³/mol. The van der Waals surface area contributed by atoms with Gasteiger partial charge in [-0.3, -0.25) is 14.6 Å². The van der Waals surface area contributed by atoms with E-state index < -0.39 is 21.5 Å². The number of aromatic nitrogens is 1. The first-order valence-corrected chi connectivity index (χ1v) is 9.88.